The Kier molecular flexibility index (Phi) is 5.85. The Morgan fingerprint density at radius 3 is 2.75 bits per heavy atom. The molecule has 3 aromatic rings. The lowest BCUT2D eigenvalue weighted by molar-refractivity contribution is -0.906. The summed E-state index contributed by atoms with van der Waals surface area (Å²) in [5.74, 6) is 0.778. The third-order valence-electron chi connectivity index (χ3n) is 4.97. The number of thiazole rings is 1. The number of hydrogen-bond donors (Lipinski definition) is 1. The van der Waals surface area contributed by atoms with Crippen LogP contribution in [0.5, 0.6) is 5.75 Å². The average molecular weight is 399 g/mol. The molecule has 1 fully saturated rings. The number of morpholine rings is 1. The maximum absolute atomic E-state index is 13.3. The number of ether oxygens (including phenoxy) is 2. The molecular formula is C21H24N3O3S+. The highest BCUT2D eigenvalue weighted by Crippen LogP contribution is 2.32. The minimum Gasteiger partial charge on any atom is -0.497 e. The normalized spacial score (nSPS) is 14.9. The van der Waals surface area contributed by atoms with Gasteiger partial charge < -0.3 is 14.4 Å². The van der Waals surface area contributed by atoms with E-state index in [0.717, 1.165) is 53.9 Å². The van der Waals surface area contributed by atoms with Crippen LogP contribution in [0.4, 0.5) is 5.13 Å². The second-order valence-corrected chi connectivity index (χ2v) is 7.77. The highest BCUT2D eigenvalue weighted by molar-refractivity contribution is 7.22. The van der Waals surface area contributed by atoms with Gasteiger partial charge >= 0.3 is 0 Å². The number of anilines is 1. The number of rotatable bonds is 6. The topological polar surface area (TPSA) is 56.1 Å². The van der Waals surface area contributed by atoms with Crippen LogP contribution in [0.1, 0.15) is 10.4 Å². The van der Waals surface area contributed by atoms with E-state index in [2.05, 4.69) is 0 Å². The van der Waals surface area contributed by atoms with Gasteiger partial charge in [0.2, 0.25) is 0 Å². The Balaban J connectivity index is 1.62. The molecule has 1 aromatic heterocycles. The maximum atomic E-state index is 13.3. The number of amides is 1. The molecule has 0 atom stereocenters. The number of quaternary nitrogens is 1. The lowest BCUT2D eigenvalue weighted by Gasteiger charge is -2.26. The maximum Gasteiger partial charge on any atom is 0.260 e. The van der Waals surface area contributed by atoms with E-state index in [1.165, 1.54) is 16.2 Å². The summed E-state index contributed by atoms with van der Waals surface area (Å²) in [5, 5.41) is 0.727. The monoisotopic (exact) mass is 398 g/mol. The van der Waals surface area contributed by atoms with Crippen molar-refractivity contribution in [2.75, 3.05) is 51.4 Å². The van der Waals surface area contributed by atoms with Gasteiger partial charge in [-0.1, -0.05) is 29.5 Å². The zero-order valence-corrected chi connectivity index (χ0v) is 16.7. The molecule has 0 aliphatic carbocycles. The molecule has 1 aliphatic heterocycles. The molecule has 146 valence electrons. The summed E-state index contributed by atoms with van der Waals surface area (Å²) in [7, 11) is 1.65. The van der Waals surface area contributed by atoms with Crippen molar-refractivity contribution in [2.45, 2.75) is 0 Å². The van der Waals surface area contributed by atoms with E-state index in [1.54, 1.807) is 7.11 Å². The number of carbonyl (C=O) groups is 1. The van der Waals surface area contributed by atoms with Gasteiger partial charge in [0.1, 0.15) is 18.8 Å². The highest BCUT2D eigenvalue weighted by Gasteiger charge is 2.24. The van der Waals surface area contributed by atoms with Crippen molar-refractivity contribution in [3.05, 3.63) is 54.1 Å². The van der Waals surface area contributed by atoms with E-state index in [1.807, 2.05) is 53.4 Å². The molecule has 2 heterocycles. The molecule has 1 saturated heterocycles. The summed E-state index contributed by atoms with van der Waals surface area (Å²) in [4.78, 5) is 21.3. The van der Waals surface area contributed by atoms with E-state index in [4.69, 9.17) is 14.5 Å². The van der Waals surface area contributed by atoms with E-state index in [9.17, 15) is 4.79 Å². The number of methoxy groups -OCH3 is 1. The van der Waals surface area contributed by atoms with Crippen LogP contribution in [-0.4, -0.2) is 57.4 Å². The van der Waals surface area contributed by atoms with Crippen molar-refractivity contribution in [1.29, 1.82) is 0 Å². The number of carbonyl (C=O) groups excluding carboxylic acids is 1. The second-order valence-electron chi connectivity index (χ2n) is 6.77. The zero-order chi connectivity index (χ0) is 19.3. The highest BCUT2D eigenvalue weighted by atomic mass is 32.1. The Hall–Kier alpha value is -2.48. The molecule has 4 rings (SSSR count). The molecule has 1 amide bonds. The Labute approximate surface area is 168 Å². The molecule has 0 saturated carbocycles. The number of nitrogens with zero attached hydrogens (tertiary/aromatic N) is 2. The summed E-state index contributed by atoms with van der Waals surface area (Å²) in [6.45, 7) is 5.02. The quantitative estimate of drug-likeness (QED) is 0.689. The standard InChI is InChI=1S/C21H23N3O3S/c1-26-17-7-8-18-19(15-17)28-21(22-18)24(10-9-23-11-13-27-14-12-23)20(25)16-5-3-2-4-6-16/h2-8,15H,9-14H2,1H3/p+1. The fourth-order valence-corrected chi connectivity index (χ4v) is 4.35. The molecule has 0 spiro atoms. The lowest BCUT2D eigenvalue weighted by Crippen LogP contribution is -3.14. The first-order chi connectivity index (χ1) is 13.7. The minimum atomic E-state index is -0.0146. The van der Waals surface area contributed by atoms with Crippen LogP contribution in [0.3, 0.4) is 0 Å². The molecule has 0 radical (unpaired) electrons. The van der Waals surface area contributed by atoms with E-state index >= 15 is 0 Å². The molecule has 1 N–H and O–H groups in total. The van der Waals surface area contributed by atoms with Gasteiger partial charge in [-0.05, 0) is 30.3 Å². The van der Waals surface area contributed by atoms with Gasteiger partial charge in [-0.15, -0.1) is 0 Å². The second kappa shape index (κ2) is 8.68. The number of aromatic nitrogens is 1. The fourth-order valence-electron chi connectivity index (χ4n) is 3.34. The third kappa shape index (κ3) is 4.16. The Bertz CT molecular complexity index is 938. The molecule has 7 heteroatoms. The van der Waals surface area contributed by atoms with Gasteiger partial charge in [-0.2, -0.15) is 0 Å². The smallest absolute Gasteiger partial charge is 0.260 e. The molecular weight excluding hydrogens is 374 g/mol. The minimum absolute atomic E-state index is 0.0146. The SMILES string of the molecule is COc1ccc2nc(N(CC[NH+]3CCOCC3)C(=O)c3ccccc3)sc2c1. The van der Waals surface area contributed by atoms with Crippen molar-refractivity contribution in [3.63, 3.8) is 0 Å². The Morgan fingerprint density at radius 2 is 2.00 bits per heavy atom. The van der Waals surface area contributed by atoms with Gasteiger partial charge in [0.05, 0.1) is 43.6 Å². The largest absolute Gasteiger partial charge is 0.497 e. The molecule has 0 bridgehead atoms. The van der Waals surface area contributed by atoms with Gasteiger partial charge in [-0.3, -0.25) is 9.69 Å². The molecule has 28 heavy (non-hydrogen) atoms. The van der Waals surface area contributed by atoms with Crippen LogP contribution in [0.2, 0.25) is 0 Å². The molecule has 6 nitrogen and oxygen atoms in total. The van der Waals surface area contributed by atoms with Crippen LogP contribution in [0.15, 0.2) is 48.5 Å². The number of nitrogens with one attached hydrogen (secondary N) is 1. The molecule has 1 aliphatic rings. The average Bonchev–Trinajstić information content (AvgIpc) is 3.18. The van der Waals surface area contributed by atoms with Gasteiger partial charge in [0.25, 0.3) is 5.91 Å². The van der Waals surface area contributed by atoms with Crippen LogP contribution in [0, 0.1) is 0 Å². The first-order valence-electron chi connectivity index (χ1n) is 9.47. The molecule has 0 unspecified atom stereocenters. The van der Waals surface area contributed by atoms with Crippen LogP contribution in [-0.2, 0) is 4.74 Å². The van der Waals surface area contributed by atoms with Crippen molar-refractivity contribution in [1.82, 2.24) is 4.98 Å². The molecule has 2 aromatic carbocycles. The first-order valence-corrected chi connectivity index (χ1v) is 10.3. The number of fused-ring (bicyclic) bond motifs is 1. The van der Waals surface area contributed by atoms with Crippen LogP contribution >= 0.6 is 11.3 Å². The summed E-state index contributed by atoms with van der Waals surface area (Å²) in [6.07, 6.45) is 0. The van der Waals surface area contributed by atoms with Crippen molar-refractivity contribution >= 4 is 32.6 Å². The summed E-state index contributed by atoms with van der Waals surface area (Å²) in [5.41, 5.74) is 1.56. The summed E-state index contributed by atoms with van der Waals surface area (Å²) in [6, 6.07) is 15.2. The number of hydrogen-bond acceptors (Lipinski definition) is 5. The predicted molar refractivity (Wildman–Crippen MR) is 111 cm³/mol. The Morgan fingerprint density at radius 1 is 1.21 bits per heavy atom. The van der Waals surface area contributed by atoms with Gasteiger partial charge in [-0.25, -0.2) is 4.98 Å². The lowest BCUT2D eigenvalue weighted by atomic mass is 10.2. The fraction of sp³-hybridized carbons (Fsp3) is 0.333. The summed E-state index contributed by atoms with van der Waals surface area (Å²) < 4.78 is 11.8. The van der Waals surface area contributed by atoms with Crippen molar-refractivity contribution in [2.24, 2.45) is 0 Å². The van der Waals surface area contributed by atoms with Crippen molar-refractivity contribution in [3.8, 4) is 5.75 Å². The zero-order valence-electron chi connectivity index (χ0n) is 15.9. The van der Waals surface area contributed by atoms with E-state index < -0.39 is 0 Å². The van der Waals surface area contributed by atoms with E-state index in [-0.39, 0.29) is 5.91 Å². The van der Waals surface area contributed by atoms with Gasteiger partial charge in [0, 0.05) is 5.56 Å². The van der Waals surface area contributed by atoms with Crippen molar-refractivity contribution < 1.29 is 19.2 Å². The first kappa shape index (κ1) is 18.9. The number of benzene rings is 2. The van der Waals surface area contributed by atoms with E-state index in [0.29, 0.717) is 12.1 Å². The van der Waals surface area contributed by atoms with Crippen LogP contribution < -0.4 is 14.5 Å². The van der Waals surface area contributed by atoms with Crippen LogP contribution in [0.25, 0.3) is 10.2 Å². The summed E-state index contributed by atoms with van der Waals surface area (Å²) >= 11 is 1.52. The third-order valence-corrected chi connectivity index (χ3v) is 6.01. The van der Waals surface area contributed by atoms with Gasteiger partial charge in [0.15, 0.2) is 5.13 Å². The predicted octanol–water partition coefficient (Wildman–Crippen LogP) is 1.87.